The number of aromatic nitrogens is 1. The van der Waals surface area contributed by atoms with E-state index in [2.05, 4.69) is 10.3 Å². The third kappa shape index (κ3) is 3.43. The van der Waals surface area contributed by atoms with E-state index in [0.29, 0.717) is 22.3 Å². The minimum absolute atomic E-state index is 0.194. The fourth-order valence-corrected chi connectivity index (χ4v) is 2.41. The second-order valence-corrected chi connectivity index (χ2v) is 5.27. The number of nitrogens with zero attached hydrogens (tertiary/aromatic N) is 1. The SMILES string of the molecule is COc1ccc(C(C)NC(=O)c2csc(N)n2)cc1OC. The summed E-state index contributed by atoms with van der Waals surface area (Å²) in [4.78, 5) is 16.0. The van der Waals surface area contributed by atoms with Gasteiger partial charge in [-0.15, -0.1) is 11.3 Å². The Labute approximate surface area is 126 Å². The van der Waals surface area contributed by atoms with Crippen LogP contribution in [0.3, 0.4) is 0 Å². The van der Waals surface area contributed by atoms with E-state index in [1.807, 2.05) is 19.1 Å². The molecule has 0 aliphatic rings. The highest BCUT2D eigenvalue weighted by atomic mass is 32.1. The van der Waals surface area contributed by atoms with Crippen molar-refractivity contribution in [3.05, 3.63) is 34.8 Å². The molecule has 2 rings (SSSR count). The summed E-state index contributed by atoms with van der Waals surface area (Å²) in [6, 6.07) is 5.32. The molecule has 0 saturated carbocycles. The zero-order chi connectivity index (χ0) is 15.4. The van der Waals surface area contributed by atoms with Gasteiger partial charge in [-0.25, -0.2) is 4.98 Å². The lowest BCUT2D eigenvalue weighted by molar-refractivity contribution is 0.0935. The maximum atomic E-state index is 12.0. The van der Waals surface area contributed by atoms with Crippen molar-refractivity contribution < 1.29 is 14.3 Å². The van der Waals surface area contributed by atoms with Crippen molar-refractivity contribution in [3.8, 4) is 11.5 Å². The smallest absolute Gasteiger partial charge is 0.271 e. The monoisotopic (exact) mass is 307 g/mol. The maximum absolute atomic E-state index is 12.0. The van der Waals surface area contributed by atoms with E-state index in [9.17, 15) is 4.79 Å². The first-order valence-electron chi connectivity index (χ1n) is 6.29. The number of nitrogens with two attached hydrogens (primary N) is 1. The van der Waals surface area contributed by atoms with Crippen LogP contribution in [0.2, 0.25) is 0 Å². The van der Waals surface area contributed by atoms with Crippen molar-refractivity contribution in [2.75, 3.05) is 20.0 Å². The Bertz CT molecular complexity index is 642. The van der Waals surface area contributed by atoms with Crippen molar-refractivity contribution in [1.82, 2.24) is 10.3 Å². The molecule has 21 heavy (non-hydrogen) atoms. The molecule has 7 heteroatoms. The Morgan fingerprint density at radius 3 is 2.62 bits per heavy atom. The van der Waals surface area contributed by atoms with Gasteiger partial charge in [0, 0.05) is 5.38 Å². The molecular weight excluding hydrogens is 290 g/mol. The number of anilines is 1. The van der Waals surface area contributed by atoms with Crippen molar-refractivity contribution in [2.24, 2.45) is 0 Å². The van der Waals surface area contributed by atoms with Gasteiger partial charge in [-0.3, -0.25) is 4.79 Å². The maximum Gasteiger partial charge on any atom is 0.271 e. The summed E-state index contributed by atoms with van der Waals surface area (Å²) in [5, 5.41) is 4.87. The average molecular weight is 307 g/mol. The van der Waals surface area contributed by atoms with Crippen LogP contribution < -0.4 is 20.5 Å². The van der Waals surface area contributed by atoms with Crippen LogP contribution in [0.25, 0.3) is 0 Å². The van der Waals surface area contributed by atoms with Gasteiger partial charge in [0.1, 0.15) is 5.69 Å². The first kappa shape index (κ1) is 15.1. The number of rotatable bonds is 5. The number of carbonyl (C=O) groups excluding carboxylic acids is 1. The number of amides is 1. The Morgan fingerprint density at radius 1 is 1.33 bits per heavy atom. The molecule has 3 N–H and O–H groups in total. The highest BCUT2D eigenvalue weighted by Gasteiger charge is 2.15. The number of carbonyl (C=O) groups is 1. The largest absolute Gasteiger partial charge is 0.493 e. The molecule has 0 radical (unpaired) electrons. The lowest BCUT2D eigenvalue weighted by atomic mass is 10.1. The molecule has 1 amide bonds. The fraction of sp³-hybridized carbons (Fsp3) is 0.286. The Kier molecular flexibility index (Phi) is 4.64. The first-order chi connectivity index (χ1) is 10.0. The molecule has 0 aliphatic heterocycles. The molecule has 0 aliphatic carbocycles. The molecule has 1 aromatic heterocycles. The molecule has 0 fully saturated rings. The molecule has 1 atom stereocenters. The normalized spacial score (nSPS) is 11.8. The highest BCUT2D eigenvalue weighted by molar-refractivity contribution is 7.13. The zero-order valence-electron chi connectivity index (χ0n) is 12.0. The molecule has 0 spiro atoms. The number of thiazole rings is 1. The molecule has 1 aromatic carbocycles. The molecule has 6 nitrogen and oxygen atoms in total. The summed E-state index contributed by atoms with van der Waals surface area (Å²) in [5.74, 6) is 1.01. The van der Waals surface area contributed by atoms with E-state index in [1.165, 1.54) is 11.3 Å². The molecule has 2 aromatic rings. The van der Waals surface area contributed by atoms with E-state index < -0.39 is 0 Å². The molecule has 1 heterocycles. The third-order valence-electron chi connectivity index (χ3n) is 3.01. The van der Waals surface area contributed by atoms with E-state index in [4.69, 9.17) is 15.2 Å². The minimum Gasteiger partial charge on any atom is -0.493 e. The fourth-order valence-electron chi connectivity index (χ4n) is 1.87. The van der Waals surface area contributed by atoms with E-state index in [0.717, 1.165) is 5.56 Å². The van der Waals surface area contributed by atoms with Crippen LogP contribution in [0.5, 0.6) is 11.5 Å². The van der Waals surface area contributed by atoms with Crippen LogP contribution in [-0.2, 0) is 0 Å². The van der Waals surface area contributed by atoms with Gasteiger partial charge in [0.2, 0.25) is 0 Å². The summed E-state index contributed by atoms with van der Waals surface area (Å²) >= 11 is 1.24. The molecular formula is C14H17N3O3S. The highest BCUT2D eigenvalue weighted by Crippen LogP contribution is 2.30. The van der Waals surface area contributed by atoms with Gasteiger partial charge in [0.15, 0.2) is 16.6 Å². The van der Waals surface area contributed by atoms with E-state index in [-0.39, 0.29) is 11.9 Å². The van der Waals surface area contributed by atoms with Crippen LogP contribution in [0.1, 0.15) is 29.0 Å². The van der Waals surface area contributed by atoms with Crippen molar-refractivity contribution in [1.29, 1.82) is 0 Å². The van der Waals surface area contributed by atoms with Crippen molar-refractivity contribution in [3.63, 3.8) is 0 Å². The Balaban J connectivity index is 2.13. The van der Waals surface area contributed by atoms with Crippen molar-refractivity contribution >= 4 is 22.4 Å². The number of ether oxygens (including phenoxy) is 2. The summed E-state index contributed by atoms with van der Waals surface area (Å²) in [7, 11) is 3.15. The summed E-state index contributed by atoms with van der Waals surface area (Å²) < 4.78 is 10.4. The van der Waals surface area contributed by atoms with Crippen molar-refractivity contribution in [2.45, 2.75) is 13.0 Å². The molecule has 0 bridgehead atoms. The third-order valence-corrected chi connectivity index (χ3v) is 3.68. The van der Waals surface area contributed by atoms with Gasteiger partial charge >= 0.3 is 0 Å². The topological polar surface area (TPSA) is 86.5 Å². The van der Waals surface area contributed by atoms with Gasteiger partial charge in [-0.2, -0.15) is 0 Å². The van der Waals surface area contributed by atoms with E-state index in [1.54, 1.807) is 25.7 Å². The number of hydrogen-bond acceptors (Lipinski definition) is 6. The quantitative estimate of drug-likeness (QED) is 0.884. The lowest BCUT2D eigenvalue weighted by Crippen LogP contribution is -2.26. The predicted octanol–water partition coefficient (Wildman–Crippen LogP) is 2.23. The molecule has 1 unspecified atom stereocenters. The molecule has 112 valence electrons. The number of nitrogens with one attached hydrogen (secondary N) is 1. The van der Waals surface area contributed by atoms with Crippen LogP contribution in [0, 0.1) is 0 Å². The summed E-state index contributed by atoms with van der Waals surface area (Å²) in [6.07, 6.45) is 0. The first-order valence-corrected chi connectivity index (χ1v) is 7.17. The lowest BCUT2D eigenvalue weighted by Gasteiger charge is -2.16. The standard InChI is InChI=1S/C14H17N3O3S/c1-8(16-13(18)10-7-21-14(15)17-10)9-4-5-11(19-2)12(6-9)20-3/h4-8H,1-3H3,(H2,15,17)(H,16,18). The minimum atomic E-state index is -0.259. The van der Waals surface area contributed by atoms with Crippen LogP contribution >= 0.6 is 11.3 Å². The Morgan fingerprint density at radius 2 is 2.05 bits per heavy atom. The van der Waals surface area contributed by atoms with E-state index >= 15 is 0 Å². The number of methoxy groups -OCH3 is 2. The summed E-state index contributed by atoms with van der Waals surface area (Å²) in [6.45, 7) is 1.88. The number of benzene rings is 1. The van der Waals surface area contributed by atoms with Gasteiger partial charge in [0.05, 0.1) is 20.3 Å². The van der Waals surface area contributed by atoms with Crippen LogP contribution in [0.4, 0.5) is 5.13 Å². The van der Waals surface area contributed by atoms with Gasteiger partial charge < -0.3 is 20.5 Å². The second-order valence-electron chi connectivity index (χ2n) is 4.38. The molecule has 0 saturated heterocycles. The van der Waals surface area contributed by atoms with Gasteiger partial charge in [0.25, 0.3) is 5.91 Å². The average Bonchev–Trinajstić information content (AvgIpc) is 2.93. The summed E-state index contributed by atoms with van der Waals surface area (Å²) in [5.41, 5.74) is 6.76. The number of hydrogen-bond donors (Lipinski definition) is 2. The number of nitrogen functional groups attached to an aromatic ring is 1. The van der Waals surface area contributed by atoms with Gasteiger partial charge in [-0.05, 0) is 24.6 Å². The zero-order valence-corrected chi connectivity index (χ0v) is 12.9. The predicted molar refractivity (Wildman–Crippen MR) is 82.0 cm³/mol. The van der Waals surface area contributed by atoms with Gasteiger partial charge in [-0.1, -0.05) is 6.07 Å². The second kappa shape index (κ2) is 6.45. The van der Waals surface area contributed by atoms with Crippen LogP contribution in [-0.4, -0.2) is 25.1 Å². The Hall–Kier alpha value is -2.28. The van der Waals surface area contributed by atoms with Crippen LogP contribution in [0.15, 0.2) is 23.6 Å².